The van der Waals surface area contributed by atoms with Crippen LogP contribution in [0.3, 0.4) is 0 Å². The SMILES string of the molecule is [Cl][Mo]([Cl])([Cl])([Cl])([PH](c1ccccc1)(c1ccccc1)c1ccccc1)[PH](c1ccccc1)(c1ccccc1)c1ccccc1. The minimum absolute atomic E-state index is 0.980. The van der Waals surface area contributed by atoms with Crippen LogP contribution in [0.25, 0.3) is 0 Å². The Hall–Kier alpha value is -1.97. The van der Waals surface area contributed by atoms with Gasteiger partial charge in [-0.15, -0.1) is 0 Å². The van der Waals surface area contributed by atoms with Crippen LogP contribution in [0.4, 0.5) is 0 Å². The van der Waals surface area contributed by atoms with Crippen LogP contribution in [0.2, 0.25) is 0 Å². The molecule has 0 nitrogen and oxygen atoms in total. The summed E-state index contributed by atoms with van der Waals surface area (Å²) in [6.07, 6.45) is 0. The van der Waals surface area contributed by atoms with Crippen LogP contribution in [0, 0.1) is 0 Å². The number of benzene rings is 6. The Kier molecular flexibility index (Phi) is 8.25. The third-order valence-electron chi connectivity index (χ3n) is 8.31. The van der Waals surface area contributed by atoms with Gasteiger partial charge in [-0.3, -0.25) is 0 Å². The fourth-order valence-corrected chi connectivity index (χ4v) is 105. The molecule has 0 unspecified atom stereocenters. The molecule has 0 heterocycles. The van der Waals surface area contributed by atoms with E-state index in [4.69, 9.17) is 37.7 Å². The van der Waals surface area contributed by atoms with Gasteiger partial charge in [0.2, 0.25) is 0 Å². The molecule has 220 valence electrons. The zero-order chi connectivity index (χ0) is 30.1. The average Bonchev–Trinajstić information content (AvgIpc) is 3.04. The van der Waals surface area contributed by atoms with Crippen LogP contribution in [0.15, 0.2) is 182 Å². The van der Waals surface area contributed by atoms with Crippen LogP contribution in [-0.2, 0) is 8.38 Å². The predicted octanol–water partition coefficient (Wildman–Crippen LogP) is 9.11. The van der Waals surface area contributed by atoms with E-state index in [2.05, 4.69) is 72.8 Å². The van der Waals surface area contributed by atoms with E-state index < -0.39 is 19.1 Å². The van der Waals surface area contributed by atoms with Crippen molar-refractivity contribution in [1.82, 2.24) is 0 Å². The van der Waals surface area contributed by atoms with Crippen LogP contribution < -0.4 is 31.8 Å². The zero-order valence-corrected chi connectivity index (χ0v) is 30.3. The Balaban J connectivity index is 1.97. The Morgan fingerprint density at radius 3 is 0.535 bits per heavy atom. The Morgan fingerprint density at radius 1 is 0.256 bits per heavy atom. The Bertz CT molecular complexity index is 1490. The van der Waals surface area contributed by atoms with Crippen molar-refractivity contribution >= 4 is 80.2 Å². The van der Waals surface area contributed by atoms with Crippen molar-refractivity contribution in [1.29, 1.82) is 0 Å². The Labute approximate surface area is 268 Å². The van der Waals surface area contributed by atoms with Gasteiger partial charge in [0.15, 0.2) is 0 Å². The molecule has 0 aliphatic rings. The van der Waals surface area contributed by atoms with Gasteiger partial charge < -0.3 is 0 Å². The van der Waals surface area contributed by atoms with Gasteiger partial charge in [-0.25, -0.2) is 0 Å². The number of rotatable bonds is 8. The summed E-state index contributed by atoms with van der Waals surface area (Å²) in [4.78, 5) is 0. The van der Waals surface area contributed by atoms with E-state index in [-0.39, 0.29) is 0 Å². The maximum atomic E-state index is 8.71. The standard InChI is InChI=1S/2C18H15P.4ClH.Mo/c2*1-4-10-16(11-5-1)19(17-12-6-2-7-13-17)18-14-8-3-9-15-18;;;;;/h2*1-15H;4*1H;/q;;;;;;+2/p-2. The first kappa shape index (κ1) is 31.0. The molecule has 0 spiro atoms. The zero-order valence-electron chi connectivity index (χ0n) is 23.2. The minimum atomic E-state index is -6.87. The molecule has 0 bridgehead atoms. The van der Waals surface area contributed by atoms with Gasteiger partial charge >= 0.3 is 271 Å². The molecular weight excluding hydrogens is 732 g/mol. The van der Waals surface area contributed by atoms with Crippen molar-refractivity contribution < 1.29 is 8.38 Å². The molecule has 0 aliphatic carbocycles. The molecule has 6 aromatic rings. The van der Waals surface area contributed by atoms with E-state index in [1.165, 1.54) is 0 Å². The second-order valence-corrected chi connectivity index (χ2v) is 81.7. The van der Waals surface area contributed by atoms with Crippen molar-refractivity contribution in [2.75, 3.05) is 0 Å². The molecule has 6 rings (SSSR count). The first-order valence-corrected chi connectivity index (χ1v) is 34.2. The van der Waals surface area contributed by atoms with Gasteiger partial charge in [-0.2, -0.15) is 0 Å². The van der Waals surface area contributed by atoms with Gasteiger partial charge in [-0.05, 0) is 0 Å². The summed E-state index contributed by atoms with van der Waals surface area (Å²) in [6, 6.07) is 61.9. The van der Waals surface area contributed by atoms with E-state index in [1.54, 1.807) is 0 Å². The Morgan fingerprint density at radius 2 is 0.395 bits per heavy atom. The van der Waals surface area contributed by atoms with Crippen LogP contribution in [0.1, 0.15) is 0 Å². The quantitative estimate of drug-likeness (QED) is 0.107. The van der Waals surface area contributed by atoms with E-state index in [0.29, 0.717) is 0 Å². The molecule has 0 aliphatic heterocycles. The fourth-order valence-electron chi connectivity index (χ4n) is 6.69. The molecule has 0 atom stereocenters. The molecule has 0 radical (unpaired) electrons. The van der Waals surface area contributed by atoms with Gasteiger partial charge in [0.25, 0.3) is 0 Å². The first-order chi connectivity index (χ1) is 20.7. The van der Waals surface area contributed by atoms with Crippen LogP contribution >= 0.6 is 48.4 Å². The van der Waals surface area contributed by atoms with Gasteiger partial charge in [-0.1, -0.05) is 0 Å². The third-order valence-corrected chi connectivity index (χ3v) is 90.0. The average molecular weight is 764 g/mol. The molecule has 43 heavy (non-hydrogen) atoms. The summed E-state index contributed by atoms with van der Waals surface area (Å²) >= 11 is 0. The summed E-state index contributed by atoms with van der Waals surface area (Å²) in [5, 5.41) is -1.67. The van der Waals surface area contributed by atoms with Crippen LogP contribution in [0.5, 0.6) is 0 Å². The third kappa shape index (κ3) is 4.61. The van der Waals surface area contributed by atoms with Crippen molar-refractivity contribution in [3.63, 3.8) is 0 Å². The van der Waals surface area contributed by atoms with Gasteiger partial charge in [0, 0.05) is 0 Å². The fraction of sp³-hybridized carbons (Fsp3) is 0. The summed E-state index contributed by atoms with van der Waals surface area (Å²) in [6.45, 7) is 0. The second-order valence-electron chi connectivity index (χ2n) is 10.6. The molecule has 6 aromatic carbocycles. The summed E-state index contributed by atoms with van der Waals surface area (Å²) in [7, 11) is 28.0. The molecule has 0 N–H and O–H groups in total. The van der Waals surface area contributed by atoms with Crippen molar-refractivity contribution in [3.8, 4) is 0 Å². The normalized spacial score (nSPS) is 14.7. The second kappa shape index (κ2) is 11.4. The molecule has 0 fully saturated rings. The summed E-state index contributed by atoms with van der Waals surface area (Å²) < 4.78 is 0. The van der Waals surface area contributed by atoms with Crippen LogP contribution in [-0.4, -0.2) is 0 Å². The summed E-state index contributed by atoms with van der Waals surface area (Å²) in [5.74, 6) is 0. The number of hydrogen-bond donors (Lipinski definition) is 0. The topological polar surface area (TPSA) is 0 Å². The van der Waals surface area contributed by atoms with E-state index >= 15 is 0 Å². The molecule has 0 amide bonds. The molecule has 0 aromatic heterocycles. The van der Waals surface area contributed by atoms with E-state index in [0.717, 1.165) is 31.8 Å². The molecule has 0 saturated carbocycles. The summed E-state index contributed by atoms with van der Waals surface area (Å²) in [5.41, 5.74) is 0. The molecule has 0 saturated heterocycles. The van der Waals surface area contributed by atoms with E-state index in [9.17, 15) is 0 Å². The molecule has 7 heteroatoms. The number of halogens is 4. The van der Waals surface area contributed by atoms with Crippen molar-refractivity contribution in [2.45, 2.75) is 0 Å². The first-order valence-electron chi connectivity index (χ1n) is 14.0. The molecular formula is C36H32Cl4MoP2. The predicted molar refractivity (Wildman–Crippen MR) is 196 cm³/mol. The van der Waals surface area contributed by atoms with Crippen molar-refractivity contribution in [3.05, 3.63) is 182 Å². The maximum absolute atomic E-state index is 8.71. The van der Waals surface area contributed by atoms with Gasteiger partial charge in [0.1, 0.15) is 0 Å². The van der Waals surface area contributed by atoms with E-state index in [1.807, 2.05) is 109 Å². The van der Waals surface area contributed by atoms with Gasteiger partial charge in [0.05, 0.1) is 0 Å². The number of hydrogen-bond acceptors (Lipinski definition) is 0. The van der Waals surface area contributed by atoms with Crippen molar-refractivity contribution in [2.24, 2.45) is 0 Å². The monoisotopic (exact) mass is 764 g/mol.